The molecule has 2 rings (SSSR count). The van der Waals surface area contributed by atoms with Crippen LogP contribution in [0.3, 0.4) is 0 Å². The summed E-state index contributed by atoms with van der Waals surface area (Å²) in [5.74, 6) is -1.85. The van der Waals surface area contributed by atoms with Gasteiger partial charge >= 0.3 is 0 Å². The number of nitrogen functional groups attached to an aromatic ring is 1. The molecule has 0 aliphatic rings. The fraction of sp³-hybridized carbons (Fsp3) is 0.167. The lowest BCUT2D eigenvalue weighted by molar-refractivity contribution is 0.359. The Morgan fingerprint density at radius 2 is 2.16 bits per heavy atom. The molecular formula is C12H12F2N4O. The molecule has 100 valence electrons. The number of rotatable bonds is 3. The third-order valence-corrected chi connectivity index (χ3v) is 2.44. The highest BCUT2D eigenvalue weighted by molar-refractivity contribution is 5.80. The molecule has 5 nitrogen and oxygen atoms in total. The molecule has 0 radical (unpaired) electrons. The average Bonchev–Trinajstić information content (AvgIpc) is 2.67. The Balaban J connectivity index is 2.36. The smallest absolute Gasteiger partial charge is 0.221 e. The lowest BCUT2D eigenvalue weighted by Gasteiger charge is -2.05. The predicted octanol–water partition coefficient (Wildman–Crippen LogP) is 1.94. The van der Waals surface area contributed by atoms with Gasteiger partial charge in [0.25, 0.3) is 0 Å². The third kappa shape index (κ3) is 2.54. The number of hydrogen-bond acceptors (Lipinski definition) is 4. The highest BCUT2D eigenvalue weighted by Crippen LogP contribution is 2.23. The molecule has 0 atom stereocenters. The molecule has 19 heavy (non-hydrogen) atoms. The monoisotopic (exact) mass is 266 g/mol. The summed E-state index contributed by atoms with van der Waals surface area (Å²) in [5, 5.41) is 3.95. The van der Waals surface area contributed by atoms with Crippen molar-refractivity contribution in [1.82, 2.24) is 9.66 Å². The molecule has 7 heteroatoms. The van der Waals surface area contributed by atoms with E-state index in [0.717, 1.165) is 6.07 Å². The lowest BCUT2D eigenvalue weighted by atomic mass is 10.2. The number of anilines is 1. The predicted molar refractivity (Wildman–Crippen MR) is 67.3 cm³/mol. The summed E-state index contributed by atoms with van der Waals surface area (Å²) >= 11 is 0. The molecule has 2 N–H and O–H groups in total. The minimum absolute atomic E-state index is 0.0870. The number of aryl methyl sites for hydroxylation is 1. The van der Waals surface area contributed by atoms with Crippen molar-refractivity contribution in [1.29, 1.82) is 0 Å². The van der Waals surface area contributed by atoms with Crippen LogP contribution in [-0.4, -0.2) is 23.0 Å². The number of hydrogen-bond donors (Lipinski definition) is 1. The first-order valence-electron chi connectivity index (χ1n) is 5.40. The van der Waals surface area contributed by atoms with Crippen LogP contribution in [0.15, 0.2) is 23.4 Å². The fourth-order valence-corrected chi connectivity index (χ4v) is 1.56. The van der Waals surface area contributed by atoms with Crippen molar-refractivity contribution in [3.63, 3.8) is 0 Å². The zero-order chi connectivity index (χ0) is 14.0. The molecule has 2 aromatic rings. The first-order chi connectivity index (χ1) is 9.02. The van der Waals surface area contributed by atoms with Crippen molar-refractivity contribution in [2.24, 2.45) is 5.10 Å². The Labute approximate surface area is 108 Å². The highest BCUT2D eigenvalue weighted by atomic mass is 19.1. The second-order valence-electron chi connectivity index (χ2n) is 3.81. The minimum Gasteiger partial charge on any atom is -0.491 e. The van der Waals surface area contributed by atoms with Crippen molar-refractivity contribution >= 4 is 12.2 Å². The number of halogens is 2. The molecule has 0 saturated carbocycles. The SMILES string of the molecule is COc1c(F)ccc(C=Nn2cc(C)nc2N)c1F. The Morgan fingerprint density at radius 3 is 2.74 bits per heavy atom. The van der Waals surface area contributed by atoms with Gasteiger partial charge in [0.05, 0.1) is 25.2 Å². The van der Waals surface area contributed by atoms with Crippen LogP contribution in [0.5, 0.6) is 5.75 Å². The van der Waals surface area contributed by atoms with Gasteiger partial charge in [0.2, 0.25) is 5.95 Å². The number of benzene rings is 1. The van der Waals surface area contributed by atoms with E-state index in [-0.39, 0.29) is 11.5 Å². The second-order valence-corrected chi connectivity index (χ2v) is 3.81. The summed E-state index contributed by atoms with van der Waals surface area (Å²) in [4.78, 5) is 3.94. The van der Waals surface area contributed by atoms with E-state index in [4.69, 9.17) is 5.73 Å². The maximum atomic E-state index is 13.8. The van der Waals surface area contributed by atoms with E-state index in [2.05, 4.69) is 14.8 Å². The summed E-state index contributed by atoms with van der Waals surface area (Å²) in [6, 6.07) is 2.36. The zero-order valence-electron chi connectivity index (χ0n) is 10.4. The Hall–Kier alpha value is -2.44. The Morgan fingerprint density at radius 1 is 1.42 bits per heavy atom. The molecule has 0 spiro atoms. The third-order valence-electron chi connectivity index (χ3n) is 2.44. The van der Waals surface area contributed by atoms with Gasteiger partial charge < -0.3 is 10.5 Å². The number of ether oxygens (including phenoxy) is 1. The van der Waals surface area contributed by atoms with E-state index < -0.39 is 17.4 Å². The van der Waals surface area contributed by atoms with Crippen LogP contribution in [0, 0.1) is 18.6 Å². The zero-order valence-corrected chi connectivity index (χ0v) is 10.4. The lowest BCUT2D eigenvalue weighted by Crippen LogP contribution is -2.00. The van der Waals surface area contributed by atoms with Gasteiger partial charge in [-0.1, -0.05) is 0 Å². The van der Waals surface area contributed by atoms with Gasteiger partial charge in [0, 0.05) is 5.56 Å². The van der Waals surface area contributed by atoms with E-state index in [1.54, 1.807) is 13.1 Å². The first kappa shape index (κ1) is 13.0. The molecule has 0 fully saturated rings. The minimum atomic E-state index is -0.818. The van der Waals surface area contributed by atoms with Crippen LogP contribution in [0.2, 0.25) is 0 Å². The highest BCUT2D eigenvalue weighted by Gasteiger charge is 2.12. The van der Waals surface area contributed by atoms with E-state index in [1.807, 2.05) is 0 Å². The van der Waals surface area contributed by atoms with Crippen LogP contribution in [0.25, 0.3) is 0 Å². The topological polar surface area (TPSA) is 65.4 Å². The van der Waals surface area contributed by atoms with E-state index in [1.165, 1.54) is 24.1 Å². The van der Waals surface area contributed by atoms with Crippen LogP contribution in [-0.2, 0) is 0 Å². The molecule has 0 aliphatic heterocycles. The van der Waals surface area contributed by atoms with Gasteiger partial charge in [-0.05, 0) is 19.1 Å². The van der Waals surface area contributed by atoms with Crippen molar-refractivity contribution in [3.8, 4) is 5.75 Å². The molecule has 1 aromatic carbocycles. The van der Waals surface area contributed by atoms with Crippen molar-refractivity contribution in [3.05, 3.63) is 41.2 Å². The summed E-state index contributed by atoms with van der Waals surface area (Å²) in [6.07, 6.45) is 2.80. The number of nitrogens with two attached hydrogens (primary N) is 1. The average molecular weight is 266 g/mol. The largest absolute Gasteiger partial charge is 0.491 e. The number of imidazole rings is 1. The normalized spacial score (nSPS) is 11.2. The van der Waals surface area contributed by atoms with Gasteiger partial charge in [-0.15, -0.1) is 0 Å². The number of aromatic nitrogens is 2. The molecule has 0 amide bonds. The molecule has 0 saturated heterocycles. The van der Waals surface area contributed by atoms with Crippen LogP contribution in [0.4, 0.5) is 14.7 Å². The summed E-state index contributed by atoms with van der Waals surface area (Å²) < 4.78 is 33.0. The number of methoxy groups -OCH3 is 1. The van der Waals surface area contributed by atoms with Crippen LogP contribution >= 0.6 is 0 Å². The summed E-state index contributed by atoms with van der Waals surface area (Å²) in [6.45, 7) is 1.75. The number of nitrogens with zero attached hydrogens (tertiary/aromatic N) is 3. The maximum absolute atomic E-state index is 13.8. The molecule has 0 unspecified atom stereocenters. The van der Waals surface area contributed by atoms with Gasteiger partial charge in [-0.3, -0.25) is 0 Å². The van der Waals surface area contributed by atoms with Gasteiger partial charge in [-0.2, -0.15) is 5.10 Å². The van der Waals surface area contributed by atoms with Crippen LogP contribution in [0.1, 0.15) is 11.3 Å². The van der Waals surface area contributed by atoms with Gasteiger partial charge in [-0.25, -0.2) is 18.4 Å². The molecule has 1 heterocycles. The fourth-order valence-electron chi connectivity index (χ4n) is 1.56. The van der Waals surface area contributed by atoms with Gasteiger partial charge in [0.1, 0.15) is 0 Å². The Kier molecular flexibility index (Phi) is 3.46. The van der Waals surface area contributed by atoms with Crippen LogP contribution < -0.4 is 10.5 Å². The first-order valence-corrected chi connectivity index (χ1v) is 5.40. The Bertz CT molecular complexity index is 637. The maximum Gasteiger partial charge on any atom is 0.221 e. The van der Waals surface area contributed by atoms with Crippen molar-refractivity contribution in [2.45, 2.75) is 6.92 Å². The second kappa shape index (κ2) is 5.05. The quantitative estimate of drug-likeness (QED) is 0.863. The van der Waals surface area contributed by atoms with E-state index >= 15 is 0 Å². The molecule has 0 bridgehead atoms. The van der Waals surface area contributed by atoms with Gasteiger partial charge in [0.15, 0.2) is 17.4 Å². The summed E-state index contributed by atoms with van der Waals surface area (Å²) in [5.41, 5.74) is 6.36. The molecule has 0 aliphatic carbocycles. The molecular weight excluding hydrogens is 254 g/mol. The van der Waals surface area contributed by atoms with Crippen molar-refractivity contribution in [2.75, 3.05) is 12.8 Å². The van der Waals surface area contributed by atoms with Crippen molar-refractivity contribution < 1.29 is 13.5 Å². The summed E-state index contributed by atoms with van der Waals surface area (Å²) in [7, 11) is 1.19. The van der Waals surface area contributed by atoms with E-state index in [0.29, 0.717) is 5.69 Å². The van der Waals surface area contributed by atoms with E-state index in [9.17, 15) is 8.78 Å². The molecule has 1 aromatic heterocycles. The standard InChI is InChI=1S/C12H12F2N4O/c1-7-6-18(12(15)17-7)16-5-8-3-4-9(13)11(19-2)10(8)14/h3-6H,1-2H3,(H2,15,17).